The van der Waals surface area contributed by atoms with Gasteiger partial charge in [0.25, 0.3) is 0 Å². The van der Waals surface area contributed by atoms with Crippen molar-refractivity contribution in [3.05, 3.63) is 0 Å². The zero-order chi connectivity index (χ0) is 10.9. The van der Waals surface area contributed by atoms with Crippen molar-refractivity contribution in [3.63, 3.8) is 0 Å². The lowest BCUT2D eigenvalue weighted by molar-refractivity contribution is -0.173. The number of ether oxygens (including phenoxy) is 4. The van der Waals surface area contributed by atoms with Crippen molar-refractivity contribution in [3.8, 4) is 0 Å². The van der Waals surface area contributed by atoms with Gasteiger partial charge >= 0.3 is 0 Å². The fourth-order valence-electron chi connectivity index (χ4n) is 0.699. The molecule has 0 bridgehead atoms. The third-order valence-corrected chi connectivity index (χ3v) is 3.14. The van der Waals surface area contributed by atoms with Gasteiger partial charge in [0.15, 0.2) is 5.41 Å². The van der Waals surface area contributed by atoms with Crippen LogP contribution >= 0.6 is 15.9 Å². The summed E-state index contributed by atoms with van der Waals surface area (Å²) < 4.78 is 20.6. The van der Waals surface area contributed by atoms with Gasteiger partial charge in [0.2, 0.25) is 0 Å². The summed E-state index contributed by atoms with van der Waals surface area (Å²) in [6.07, 6.45) is 0. The Labute approximate surface area is 96.8 Å². The maximum atomic E-state index is 5.43. The molecule has 0 aliphatic carbocycles. The van der Waals surface area contributed by atoms with Crippen LogP contribution in [0.4, 0.5) is 0 Å². The molecule has 0 aromatic carbocycles. The third-order valence-electron chi connectivity index (χ3n) is 1.42. The molecule has 0 aliphatic heterocycles. The lowest BCUT2D eigenvalue weighted by Gasteiger charge is -2.28. The van der Waals surface area contributed by atoms with Crippen LogP contribution in [0.15, 0.2) is 0 Å². The van der Waals surface area contributed by atoms with Crippen molar-refractivity contribution in [2.45, 2.75) is 5.41 Å². The predicted octanol–water partition coefficient (Wildman–Crippen LogP) is 0.530. The molecule has 0 saturated carbocycles. The Morgan fingerprint density at radius 2 is 1.43 bits per heavy atom. The second-order valence-corrected chi connectivity index (χ2v) is 3.89. The summed E-state index contributed by atoms with van der Waals surface area (Å²) in [5, 5.41) is 0.532. The summed E-state index contributed by atoms with van der Waals surface area (Å²) in [6, 6.07) is 0. The molecule has 0 fully saturated rings. The van der Waals surface area contributed by atoms with E-state index in [2.05, 4.69) is 26.2 Å². The van der Waals surface area contributed by atoms with Crippen molar-refractivity contribution in [2.24, 2.45) is 0 Å². The van der Waals surface area contributed by atoms with Crippen LogP contribution in [0.5, 0.6) is 0 Å². The molecular formula is C8H16BrO4Si. The maximum Gasteiger partial charge on any atom is 0.153 e. The van der Waals surface area contributed by atoms with Gasteiger partial charge in [0, 0.05) is 14.2 Å². The van der Waals surface area contributed by atoms with Crippen molar-refractivity contribution >= 4 is 26.2 Å². The second-order valence-electron chi connectivity index (χ2n) is 2.57. The average Bonchev–Trinajstić information content (AvgIpc) is 2.19. The monoisotopic (exact) mass is 283 g/mol. The number of rotatable bonds is 9. The topological polar surface area (TPSA) is 36.9 Å². The molecule has 0 amide bonds. The molecule has 14 heavy (non-hydrogen) atoms. The van der Waals surface area contributed by atoms with E-state index in [-0.39, 0.29) is 0 Å². The zero-order valence-corrected chi connectivity index (χ0v) is 11.1. The summed E-state index contributed by atoms with van der Waals surface area (Å²) in [7, 11) is 6.64. The Kier molecular flexibility index (Phi) is 9.15. The molecule has 0 unspecified atom stereocenters. The van der Waals surface area contributed by atoms with E-state index in [1.54, 1.807) is 14.2 Å². The first-order chi connectivity index (χ1) is 6.68. The smallest absolute Gasteiger partial charge is 0.153 e. The normalized spacial score (nSPS) is 12.0. The van der Waals surface area contributed by atoms with Gasteiger partial charge in [-0.25, -0.2) is 0 Å². The van der Waals surface area contributed by atoms with Crippen LogP contribution < -0.4 is 0 Å². The van der Waals surface area contributed by atoms with E-state index in [1.807, 2.05) is 0 Å². The number of methoxy groups -OCH3 is 2. The first kappa shape index (κ1) is 14.5. The first-order valence-corrected chi connectivity index (χ1v) is 5.87. The van der Waals surface area contributed by atoms with Crippen LogP contribution in [-0.2, 0) is 18.9 Å². The molecule has 0 saturated heterocycles. The molecule has 0 atom stereocenters. The molecule has 0 heterocycles. The van der Waals surface area contributed by atoms with Gasteiger partial charge in [-0.05, 0) is 0 Å². The van der Waals surface area contributed by atoms with Crippen LogP contribution in [0.25, 0.3) is 0 Å². The largest absolute Gasteiger partial charge is 0.382 e. The molecule has 0 N–H and O–H groups in total. The first-order valence-electron chi connectivity index (χ1n) is 4.25. The van der Waals surface area contributed by atoms with Crippen LogP contribution in [0.1, 0.15) is 0 Å². The SMILES string of the molecule is COCCOC([Si])(CBr)OCCOC. The number of alkyl halides is 1. The van der Waals surface area contributed by atoms with E-state index in [9.17, 15) is 0 Å². The predicted molar refractivity (Wildman–Crippen MR) is 57.9 cm³/mol. The number of hydrogen-bond acceptors (Lipinski definition) is 4. The molecule has 83 valence electrons. The molecule has 0 rings (SSSR count). The summed E-state index contributed by atoms with van der Waals surface area (Å²) in [5.74, 6) is 0. The van der Waals surface area contributed by atoms with Gasteiger partial charge in [-0.15, -0.1) is 0 Å². The van der Waals surface area contributed by atoms with E-state index < -0.39 is 5.41 Å². The Balaban J connectivity index is 3.67. The Morgan fingerprint density at radius 3 is 1.71 bits per heavy atom. The molecule has 0 spiro atoms. The van der Waals surface area contributed by atoms with Crippen LogP contribution in [0.2, 0.25) is 0 Å². The fourth-order valence-corrected chi connectivity index (χ4v) is 1.23. The summed E-state index contributed by atoms with van der Waals surface area (Å²) in [4.78, 5) is 0. The molecule has 0 aromatic heterocycles. The van der Waals surface area contributed by atoms with E-state index in [0.29, 0.717) is 31.8 Å². The Bertz CT molecular complexity index is 127. The minimum atomic E-state index is -0.795. The molecular weight excluding hydrogens is 268 g/mol. The highest BCUT2D eigenvalue weighted by atomic mass is 79.9. The molecule has 0 aliphatic rings. The number of hydrogen-bond donors (Lipinski definition) is 0. The van der Waals surface area contributed by atoms with Gasteiger partial charge in [-0.3, -0.25) is 0 Å². The quantitative estimate of drug-likeness (QED) is 0.268. The van der Waals surface area contributed by atoms with E-state index >= 15 is 0 Å². The lowest BCUT2D eigenvalue weighted by Crippen LogP contribution is -2.40. The highest BCUT2D eigenvalue weighted by Gasteiger charge is 2.23. The van der Waals surface area contributed by atoms with E-state index in [4.69, 9.17) is 18.9 Å². The van der Waals surface area contributed by atoms with Gasteiger partial charge in [-0.1, -0.05) is 15.9 Å². The summed E-state index contributed by atoms with van der Waals surface area (Å²) >= 11 is 3.30. The summed E-state index contributed by atoms with van der Waals surface area (Å²) in [6.45, 7) is 2.01. The van der Waals surface area contributed by atoms with Crippen molar-refractivity contribution in [1.82, 2.24) is 0 Å². The molecule has 6 heteroatoms. The molecule has 3 radical (unpaired) electrons. The standard InChI is InChI=1S/C8H16BrO4Si/c1-10-3-5-12-8(14,7-9)13-6-4-11-2/h3-7H2,1-2H3. The van der Waals surface area contributed by atoms with E-state index in [0.717, 1.165) is 0 Å². The average molecular weight is 284 g/mol. The zero-order valence-electron chi connectivity index (χ0n) is 8.55. The van der Waals surface area contributed by atoms with Gasteiger partial charge < -0.3 is 18.9 Å². The highest BCUT2D eigenvalue weighted by Crippen LogP contribution is 2.11. The minimum Gasteiger partial charge on any atom is -0.382 e. The van der Waals surface area contributed by atoms with Crippen molar-refractivity contribution in [2.75, 3.05) is 46.0 Å². The van der Waals surface area contributed by atoms with Crippen molar-refractivity contribution < 1.29 is 18.9 Å². The Morgan fingerprint density at radius 1 is 1.00 bits per heavy atom. The van der Waals surface area contributed by atoms with Crippen LogP contribution in [0, 0.1) is 0 Å². The van der Waals surface area contributed by atoms with Crippen molar-refractivity contribution in [1.29, 1.82) is 0 Å². The fraction of sp³-hybridized carbons (Fsp3) is 1.00. The molecule has 4 nitrogen and oxygen atoms in total. The van der Waals surface area contributed by atoms with Gasteiger partial charge in [-0.2, -0.15) is 0 Å². The maximum absolute atomic E-state index is 5.43. The highest BCUT2D eigenvalue weighted by molar-refractivity contribution is 9.09. The summed E-state index contributed by atoms with van der Waals surface area (Å²) in [5.41, 5.74) is -0.795. The third kappa shape index (κ3) is 6.91. The van der Waals surface area contributed by atoms with Gasteiger partial charge in [0.1, 0.15) is 10.2 Å². The van der Waals surface area contributed by atoms with Gasteiger partial charge in [0.05, 0.1) is 31.8 Å². The Hall–Kier alpha value is 0.537. The number of halogens is 1. The lowest BCUT2D eigenvalue weighted by atomic mass is 10.6. The second kappa shape index (κ2) is 8.81. The van der Waals surface area contributed by atoms with Crippen LogP contribution in [0.3, 0.4) is 0 Å². The minimum absolute atomic E-state index is 0.471. The van der Waals surface area contributed by atoms with Crippen LogP contribution in [-0.4, -0.2) is 61.6 Å². The van der Waals surface area contributed by atoms with E-state index in [1.165, 1.54) is 0 Å². The molecule has 0 aromatic rings.